The van der Waals surface area contributed by atoms with Gasteiger partial charge in [-0.2, -0.15) is 0 Å². The molecule has 6 heteroatoms. The minimum absolute atomic E-state index is 0.321. The Balaban J connectivity index is 3.21. The Labute approximate surface area is 74.2 Å². The summed E-state index contributed by atoms with van der Waals surface area (Å²) in [5, 5.41) is 8.78. The van der Waals surface area contributed by atoms with Crippen molar-refractivity contribution in [2.75, 3.05) is 0 Å². The van der Waals surface area contributed by atoms with Crippen LogP contribution in [-0.4, -0.2) is 10.1 Å². The minimum atomic E-state index is -2.85. The molecule has 0 saturated carbocycles. The van der Waals surface area contributed by atoms with Crippen LogP contribution in [0.15, 0.2) is 10.7 Å². The third kappa shape index (κ3) is 1.69. The van der Waals surface area contributed by atoms with Crippen LogP contribution in [0, 0.1) is 5.82 Å². The zero-order chi connectivity index (χ0) is 9.30. The molecule has 1 heterocycles. The van der Waals surface area contributed by atoms with Crippen molar-refractivity contribution < 1.29 is 18.3 Å². The van der Waals surface area contributed by atoms with Gasteiger partial charge in [0.15, 0.2) is 16.2 Å². The van der Waals surface area contributed by atoms with Crippen molar-refractivity contribution >= 4 is 15.9 Å². The van der Waals surface area contributed by atoms with E-state index in [9.17, 15) is 13.2 Å². The van der Waals surface area contributed by atoms with Gasteiger partial charge in [0.1, 0.15) is 5.69 Å². The predicted molar refractivity (Wildman–Crippen MR) is 38.5 cm³/mol. The van der Waals surface area contributed by atoms with Crippen molar-refractivity contribution in [2.45, 2.75) is 6.43 Å². The predicted octanol–water partition coefficient (Wildman–Crippen LogP) is 2.63. The summed E-state index contributed by atoms with van der Waals surface area (Å²) in [5.74, 6) is -1.88. The lowest BCUT2D eigenvalue weighted by Gasteiger charge is -2.01. The van der Waals surface area contributed by atoms with Gasteiger partial charge in [-0.1, -0.05) is 0 Å². The minimum Gasteiger partial charge on any atom is -0.503 e. The normalized spacial score (nSPS) is 10.8. The molecule has 0 amide bonds. The quantitative estimate of drug-likeness (QED) is 0.768. The van der Waals surface area contributed by atoms with Gasteiger partial charge in [-0.15, -0.1) is 0 Å². The summed E-state index contributed by atoms with van der Waals surface area (Å²) < 4.78 is 36.1. The zero-order valence-corrected chi connectivity index (χ0v) is 7.15. The molecule has 0 aromatic carbocycles. The topological polar surface area (TPSA) is 33.1 Å². The van der Waals surface area contributed by atoms with Crippen LogP contribution >= 0.6 is 15.9 Å². The molecule has 1 aromatic heterocycles. The van der Waals surface area contributed by atoms with Crippen LogP contribution in [0.5, 0.6) is 5.75 Å². The maximum absolute atomic E-state index is 12.5. The molecule has 0 aliphatic heterocycles. The number of halogens is 4. The summed E-state index contributed by atoms with van der Waals surface area (Å²) in [6.45, 7) is 0. The van der Waals surface area contributed by atoms with Crippen molar-refractivity contribution in [1.29, 1.82) is 0 Å². The number of pyridine rings is 1. The molecule has 0 spiro atoms. The summed E-state index contributed by atoms with van der Waals surface area (Å²) in [6.07, 6.45) is -2.85. The summed E-state index contributed by atoms with van der Waals surface area (Å²) >= 11 is 2.63. The molecule has 0 aliphatic rings. The Morgan fingerprint density at radius 1 is 1.50 bits per heavy atom. The standard InChI is InChI=1S/C6H3BrF3NO/c7-5-4(12)2(8)1-3(11-5)6(9)10/h1,6,12H. The van der Waals surface area contributed by atoms with Gasteiger partial charge >= 0.3 is 0 Å². The second kappa shape index (κ2) is 3.30. The first kappa shape index (κ1) is 9.31. The summed E-state index contributed by atoms with van der Waals surface area (Å²) in [7, 11) is 0. The third-order valence-electron chi connectivity index (χ3n) is 1.15. The fourth-order valence-corrected chi connectivity index (χ4v) is 1.00. The van der Waals surface area contributed by atoms with Crippen LogP contribution in [-0.2, 0) is 0 Å². The van der Waals surface area contributed by atoms with Crippen LogP contribution in [0.4, 0.5) is 13.2 Å². The highest BCUT2D eigenvalue weighted by atomic mass is 79.9. The van der Waals surface area contributed by atoms with Crippen molar-refractivity contribution in [3.05, 3.63) is 22.2 Å². The highest BCUT2D eigenvalue weighted by molar-refractivity contribution is 9.10. The molecular formula is C6H3BrF3NO. The molecule has 1 aromatic rings. The first-order valence-corrected chi connectivity index (χ1v) is 3.64. The number of aromatic hydroxyl groups is 1. The highest BCUT2D eigenvalue weighted by Crippen LogP contribution is 2.28. The van der Waals surface area contributed by atoms with Crippen LogP contribution in [0.2, 0.25) is 0 Å². The van der Waals surface area contributed by atoms with Crippen LogP contribution in [0.25, 0.3) is 0 Å². The smallest absolute Gasteiger partial charge is 0.280 e. The monoisotopic (exact) mass is 241 g/mol. The lowest BCUT2D eigenvalue weighted by Crippen LogP contribution is -1.93. The molecule has 12 heavy (non-hydrogen) atoms. The number of nitrogens with zero attached hydrogens (tertiary/aromatic N) is 1. The molecule has 0 atom stereocenters. The lowest BCUT2D eigenvalue weighted by molar-refractivity contribution is 0.145. The molecular weight excluding hydrogens is 239 g/mol. The molecule has 0 aliphatic carbocycles. The van der Waals surface area contributed by atoms with Crippen molar-refractivity contribution in [1.82, 2.24) is 4.98 Å². The van der Waals surface area contributed by atoms with E-state index in [4.69, 9.17) is 5.11 Å². The number of hydrogen-bond acceptors (Lipinski definition) is 2. The van der Waals surface area contributed by atoms with E-state index in [1.807, 2.05) is 0 Å². The van der Waals surface area contributed by atoms with Gasteiger partial charge in [0.05, 0.1) is 0 Å². The molecule has 0 bridgehead atoms. The van der Waals surface area contributed by atoms with Crippen molar-refractivity contribution in [3.63, 3.8) is 0 Å². The number of aromatic nitrogens is 1. The largest absolute Gasteiger partial charge is 0.503 e. The Kier molecular flexibility index (Phi) is 2.56. The van der Waals surface area contributed by atoms with Gasteiger partial charge < -0.3 is 5.11 Å². The average Bonchev–Trinajstić information content (AvgIpc) is 1.99. The molecule has 66 valence electrons. The Morgan fingerprint density at radius 3 is 2.50 bits per heavy atom. The van der Waals surface area contributed by atoms with E-state index in [-0.39, 0.29) is 4.60 Å². The second-order valence-electron chi connectivity index (χ2n) is 1.97. The van der Waals surface area contributed by atoms with E-state index in [1.165, 1.54) is 0 Å². The maximum atomic E-state index is 12.5. The molecule has 0 unspecified atom stereocenters. The lowest BCUT2D eigenvalue weighted by atomic mass is 10.3. The Morgan fingerprint density at radius 2 is 2.08 bits per heavy atom. The van der Waals surface area contributed by atoms with E-state index in [2.05, 4.69) is 20.9 Å². The van der Waals surface area contributed by atoms with E-state index in [0.717, 1.165) is 0 Å². The van der Waals surface area contributed by atoms with Gasteiger partial charge in [0, 0.05) is 6.07 Å². The second-order valence-corrected chi connectivity index (χ2v) is 2.72. The van der Waals surface area contributed by atoms with E-state index in [1.54, 1.807) is 0 Å². The third-order valence-corrected chi connectivity index (χ3v) is 1.70. The van der Waals surface area contributed by atoms with Gasteiger partial charge in [0.2, 0.25) is 0 Å². The van der Waals surface area contributed by atoms with Gasteiger partial charge in [-0.3, -0.25) is 0 Å². The first-order valence-electron chi connectivity index (χ1n) is 2.85. The fourth-order valence-electron chi connectivity index (χ4n) is 0.607. The van der Waals surface area contributed by atoms with E-state index < -0.39 is 23.7 Å². The summed E-state index contributed by atoms with van der Waals surface area (Å²) in [6, 6.07) is 0.491. The van der Waals surface area contributed by atoms with Gasteiger partial charge in [-0.25, -0.2) is 18.2 Å². The molecule has 0 fully saturated rings. The van der Waals surface area contributed by atoms with Gasteiger partial charge in [-0.05, 0) is 15.9 Å². The molecule has 1 N–H and O–H groups in total. The summed E-state index contributed by atoms with van der Waals surface area (Å²) in [5.41, 5.74) is -0.711. The van der Waals surface area contributed by atoms with Crippen LogP contribution in [0.3, 0.4) is 0 Å². The van der Waals surface area contributed by atoms with Crippen molar-refractivity contribution in [2.24, 2.45) is 0 Å². The average molecular weight is 242 g/mol. The van der Waals surface area contributed by atoms with Crippen molar-refractivity contribution in [3.8, 4) is 5.75 Å². The SMILES string of the molecule is Oc1c(F)cc(C(F)F)nc1Br. The first-order chi connectivity index (χ1) is 5.52. The molecule has 1 rings (SSSR count). The Hall–Kier alpha value is -0.780. The summed E-state index contributed by atoms with van der Waals surface area (Å²) in [4.78, 5) is 3.21. The van der Waals surface area contributed by atoms with Crippen LogP contribution < -0.4 is 0 Å². The zero-order valence-electron chi connectivity index (χ0n) is 5.56. The molecule has 2 nitrogen and oxygen atoms in total. The Bertz CT molecular complexity index is 282. The fraction of sp³-hybridized carbons (Fsp3) is 0.167. The number of rotatable bonds is 1. The highest BCUT2D eigenvalue weighted by Gasteiger charge is 2.15. The molecule has 0 radical (unpaired) electrons. The van der Waals surface area contributed by atoms with E-state index >= 15 is 0 Å². The molecule has 0 saturated heterocycles. The van der Waals surface area contributed by atoms with Gasteiger partial charge in [0.25, 0.3) is 6.43 Å². The van der Waals surface area contributed by atoms with Crippen LogP contribution in [0.1, 0.15) is 12.1 Å². The maximum Gasteiger partial charge on any atom is 0.280 e. The number of hydrogen-bond donors (Lipinski definition) is 1. The number of alkyl halides is 2. The van der Waals surface area contributed by atoms with E-state index in [0.29, 0.717) is 6.07 Å².